The van der Waals surface area contributed by atoms with Crippen LogP contribution in [0.25, 0.3) is 0 Å². The number of nitrogen functional groups attached to an aromatic ring is 1. The SMILES string of the molecule is Nc1c[c]nc(Nc2ccccc2O)n1. The van der Waals surface area contributed by atoms with Crippen molar-refractivity contribution in [3.63, 3.8) is 0 Å². The van der Waals surface area contributed by atoms with E-state index < -0.39 is 0 Å². The van der Waals surface area contributed by atoms with E-state index in [1.807, 2.05) is 0 Å². The number of aromatic nitrogens is 2. The fourth-order valence-corrected chi connectivity index (χ4v) is 1.09. The molecular formula is C10H9N4O. The number of nitrogens with zero attached hydrogens (tertiary/aromatic N) is 2. The summed E-state index contributed by atoms with van der Waals surface area (Å²) in [7, 11) is 0. The van der Waals surface area contributed by atoms with E-state index in [1.165, 1.54) is 6.07 Å². The molecule has 1 radical (unpaired) electrons. The molecular weight excluding hydrogens is 192 g/mol. The fraction of sp³-hybridized carbons (Fsp3) is 0. The second-order valence-electron chi connectivity index (χ2n) is 2.89. The second kappa shape index (κ2) is 3.83. The van der Waals surface area contributed by atoms with Gasteiger partial charge >= 0.3 is 0 Å². The molecule has 0 unspecified atom stereocenters. The van der Waals surface area contributed by atoms with E-state index in [0.29, 0.717) is 17.5 Å². The van der Waals surface area contributed by atoms with Crippen LogP contribution in [0.4, 0.5) is 17.5 Å². The summed E-state index contributed by atoms with van der Waals surface area (Å²) in [6.07, 6.45) is 2.59. The van der Waals surface area contributed by atoms with Crippen molar-refractivity contribution in [1.82, 2.24) is 9.97 Å². The average Bonchev–Trinajstić information content (AvgIpc) is 2.22. The molecule has 0 amide bonds. The van der Waals surface area contributed by atoms with Crippen LogP contribution in [-0.2, 0) is 0 Å². The first-order valence-electron chi connectivity index (χ1n) is 4.31. The Morgan fingerprint density at radius 2 is 2.13 bits per heavy atom. The molecule has 1 aromatic heterocycles. The molecule has 0 fully saturated rings. The Morgan fingerprint density at radius 3 is 2.87 bits per heavy atom. The number of aromatic hydroxyl groups is 1. The first-order chi connectivity index (χ1) is 7.25. The third-order valence-corrected chi connectivity index (χ3v) is 1.77. The Bertz CT molecular complexity index is 472. The number of hydrogen-bond donors (Lipinski definition) is 3. The normalized spacial score (nSPS) is 9.87. The van der Waals surface area contributed by atoms with E-state index in [0.717, 1.165) is 0 Å². The molecule has 0 aliphatic carbocycles. The van der Waals surface area contributed by atoms with Crippen molar-refractivity contribution in [3.8, 4) is 5.75 Å². The van der Waals surface area contributed by atoms with Crippen LogP contribution in [0.5, 0.6) is 5.75 Å². The molecule has 1 heterocycles. The molecule has 0 spiro atoms. The molecule has 1 aromatic carbocycles. The fourth-order valence-electron chi connectivity index (χ4n) is 1.09. The molecule has 2 rings (SSSR count). The molecule has 5 nitrogen and oxygen atoms in total. The number of benzene rings is 1. The number of nitrogens with two attached hydrogens (primary N) is 1. The lowest BCUT2D eigenvalue weighted by Gasteiger charge is -2.05. The average molecular weight is 201 g/mol. The molecule has 0 atom stereocenters. The smallest absolute Gasteiger partial charge is 0.229 e. The van der Waals surface area contributed by atoms with Crippen molar-refractivity contribution in [2.45, 2.75) is 0 Å². The van der Waals surface area contributed by atoms with Crippen LogP contribution in [-0.4, -0.2) is 15.1 Å². The minimum absolute atomic E-state index is 0.128. The van der Waals surface area contributed by atoms with Gasteiger partial charge in [0, 0.05) is 6.07 Å². The number of rotatable bonds is 2. The topological polar surface area (TPSA) is 84.1 Å². The van der Waals surface area contributed by atoms with Gasteiger partial charge in [-0.3, -0.25) is 0 Å². The number of para-hydroxylation sites is 2. The molecule has 0 saturated heterocycles. The highest BCUT2D eigenvalue weighted by atomic mass is 16.3. The van der Waals surface area contributed by atoms with Gasteiger partial charge in [-0.15, -0.1) is 0 Å². The summed E-state index contributed by atoms with van der Waals surface area (Å²) in [6.45, 7) is 0. The van der Waals surface area contributed by atoms with E-state index in [1.54, 1.807) is 24.3 Å². The molecule has 0 saturated carbocycles. The van der Waals surface area contributed by atoms with E-state index >= 15 is 0 Å². The highest BCUT2D eigenvalue weighted by molar-refractivity contribution is 5.61. The predicted octanol–water partition coefficient (Wildman–Crippen LogP) is 1.31. The third-order valence-electron chi connectivity index (χ3n) is 1.77. The number of nitrogens with one attached hydrogen (secondary N) is 1. The van der Waals surface area contributed by atoms with Crippen LogP contribution in [0.2, 0.25) is 0 Å². The molecule has 2 aromatic rings. The summed E-state index contributed by atoms with van der Waals surface area (Å²) in [5.41, 5.74) is 5.99. The molecule has 5 heteroatoms. The van der Waals surface area contributed by atoms with Gasteiger partial charge in [-0.2, -0.15) is 4.98 Å². The van der Waals surface area contributed by atoms with Gasteiger partial charge in [0.05, 0.1) is 11.9 Å². The predicted molar refractivity (Wildman–Crippen MR) is 56.7 cm³/mol. The van der Waals surface area contributed by atoms with Crippen LogP contribution in [0.1, 0.15) is 0 Å². The minimum Gasteiger partial charge on any atom is -0.506 e. The van der Waals surface area contributed by atoms with E-state index in [4.69, 9.17) is 5.73 Å². The minimum atomic E-state index is 0.128. The van der Waals surface area contributed by atoms with Gasteiger partial charge in [-0.05, 0) is 12.1 Å². The van der Waals surface area contributed by atoms with E-state index in [2.05, 4.69) is 21.5 Å². The molecule has 4 N–H and O–H groups in total. The highest BCUT2D eigenvalue weighted by Crippen LogP contribution is 2.23. The standard InChI is InChI=1S/C10H9N4O/c11-9-5-6-12-10(14-9)13-7-3-1-2-4-8(7)15/h1-5,15H,(H3,11,12,13,14). The zero-order chi connectivity index (χ0) is 10.7. The zero-order valence-corrected chi connectivity index (χ0v) is 7.81. The van der Waals surface area contributed by atoms with Crippen molar-refractivity contribution in [3.05, 3.63) is 36.5 Å². The Balaban J connectivity index is 2.26. The molecule has 0 aliphatic rings. The summed E-state index contributed by atoms with van der Waals surface area (Å²) in [5.74, 6) is 0.753. The van der Waals surface area contributed by atoms with Gasteiger partial charge in [-0.1, -0.05) is 12.1 Å². The molecule has 0 aliphatic heterocycles. The Kier molecular flexibility index (Phi) is 2.37. The van der Waals surface area contributed by atoms with E-state index in [-0.39, 0.29) is 5.75 Å². The molecule has 0 bridgehead atoms. The third kappa shape index (κ3) is 2.14. The molecule has 15 heavy (non-hydrogen) atoms. The lowest BCUT2D eigenvalue weighted by Crippen LogP contribution is -1.99. The maximum absolute atomic E-state index is 9.48. The van der Waals surface area contributed by atoms with Gasteiger partial charge in [0.2, 0.25) is 5.95 Å². The van der Waals surface area contributed by atoms with Crippen LogP contribution in [0.3, 0.4) is 0 Å². The highest BCUT2D eigenvalue weighted by Gasteiger charge is 2.01. The first kappa shape index (κ1) is 9.26. The van der Waals surface area contributed by atoms with Gasteiger partial charge in [-0.25, -0.2) is 4.98 Å². The van der Waals surface area contributed by atoms with Crippen molar-refractivity contribution in [2.24, 2.45) is 0 Å². The zero-order valence-electron chi connectivity index (χ0n) is 7.81. The number of anilines is 3. The van der Waals surface area contributed by atoms with Gasteiger partial charge in [0.1, 0.15) is 11.6 Å². The number of phenols is 1. The van der Waals surface area contributed by atoms with Crippen LogP contribution in [0, 0.1) is 6.20 Å². The van der Waals surface area contributed by atoms with Crippen molar-refractivity contribution in [2.75, 3.05) is 11.1 Å². The molecule has 75 valence electrons. The Morgan fingerprint density at radius 1 is 1.33 bits per heavy atom. The van der Waals surface area contributed by atoms with Crippen molar-refractivity contribution in [1.29, 1.82) is 0 Å². The van der Waals surface area contributed by atoms with Gasteiger partial charge < -0.3 is 16.2 Å². The van der Waals surface area contributed by atoms with Crippen LogP contribution in [0.15, 0.2) is 30.3 Å². The summed E-state index contributed by atoms with van der Waals surface area (Å²) in [4.78, 5) is 7.76. The largest absolute Gasteiger partial charge is 0.506 e. The summed E-state index contributed by atoms with van der Waals surface area (Å²) in [6, 6.07) is 8.27. The van der Waals surface area contributed by atoms with E-state index in [9.17, 15) is 5.11 Å². The Labute approximate surface area is 86.6 Å². The maximum atomic E-state index is 9.48. The van der Waals surface area contributed by atoms with Gasteiger partial charge in [0.15, 0.2) is 0 Å². The van der Waals surface area contributed by atoms with Crippen molar-refractivity contribution >= 4 is 17.5 Å². The monoisotopic (exact) mass is 201 g/mol. The quantitative estimate of drug-likeness (QED) is 0.638. The summed E-state index contributed by atoms with van der Waals surface area (Å²) < 4.78 is 0. The maximum Gasteiger partial charge on any atom is 0.229 e. The number of hydrogen-bond acceptors (Lipinski definition) is 5. The van der Waals surface area contributed by atoms with Crippen molar-refractivity contribution < 1.29 is 5.11 Å². The Hall–Kier alpha value is -2.30. The first-order valence-corrected chi connectivity index (χ1v) is 4.31. The van der Waals surface area contributed by atoms with Crippen LogP contribution >= 0.6 is 0 Å². The lowest BCUT2D eigenvalue weighted by molar-refractivity contribution is 0.477. The summed E-state index contributed by atoms with van der Waals surface area (Å²) in [5, 5.41) is 12.3. The van der Waals surface area contributed by atoms with Crippen LogP contribution < -0.4 is 11.1 Å². The number of phenolic OH excluding ortho intramolecular Hbond substituents is 1. The lowest BCUT2D eigenvalue weighted by atomic mass is 10.3. The second-order valence-corrected chi connectivity index (χ2v) is 2.89. The summed E-state index contributed by atoms with van der Waals surface area (Å²) >= 11 is 0. The van der Waals surface area contributed by atoms with Gasteiger partial charge in [0.25, 0.3) is 0 Å².